The molecule has 1 aromatic rings. The van der Waals surface area contributed by atoms with Crippen LogP contribution in [0.3, 0.4) is 0 Å². The van der Waals surface area contributed by atoms with E-state index in [1.165, 1.54) is 19.2 Å². The van der Waals surface area contributed by atoms with E-state index >= 15 is 0 Å². The summed E-state index contributed by atoms with van der Waals surface area (Å²) >= 11 is 0. The normalized spacial score (nSPS) is 23.7. The molecule has 0 aromatic heterocycles. The fraction of sp³-hybridized carbons (Fsp3) is 0.500. The van der Waals surface area contributed by atoms with E-state index in [-0.39, 0.29) is 11.5 Å². The molecule has 4 heteroatoms. The van der Waals surface area contributed by atoms with E-state index in [1.807, 2.05) is 0 Å². The molecular formula is C14H17FO3. The molecule has 0 spiro atoms. The van der Waals surface area contributed by atoms with Crippen LogP contribution in [0.5, 0.6) is 5.75 Å². The molecule has 1 aromatic carbocycles. The lowest BCUT2D eigenvalue weighted by atomic mass is 9.88. The van der Waals surface area contributed by atoms with Crippen molar-refractivity contribution >= 4 is 5.78 Å². The summed E-state index contributed by atoms with van der Waals surface area (Å²) in [6.07, 6.45) is 2.61. The Morgan fingerprint density at radius 3 is 2.78 bits per heavy atom. The highest BCUT2D eigenvalue weighted by molar-refractivity contribution is 6.02. The van der Waals surface area contributed by atoms with Crippen LogP contribution in [-0.4, -0.2) is 25.1 Å². The summed E-state index contributed by atoms with van der Waals surface area (Å²) in [4.78, 5) is 12.3. The number of ether oxygens (including phenoxy) is 2. The lowest BCUT2D eigenvalue weighted by Crippen LogP contribution is -2.41. The molecule has 1 fully saturated rings. The Hall–Kier alpha value is -1.42. The van der Waals surface area contributed by atoms with Crippen LogP contribution in [0.1, 0.15) is 36.5 Å². The van der Waals surface area contributed by atoms with Crippen molar-refractivity contribution in [1.29, 1.82) is 0 Å². The molecule has 0 bridgehead atoms. The highest BCUT2D eigenvalue weighted by Crippen LogP contribution is 2.29. The highest BCUT2D eigenvalue weighted by Gasteiger charge is 2.36. The van der Waals surface area contributed by atoms with Gasteiger partial charge in [-0.1, -0.05) is 0 Å². The van der Waals surface area contributed by atoms with Crippen molar-refractivity contribution in [3.05, 3.63) is 29.6 Å². The molecule has 1 aliphatic heterocycles. The van der Waals surface area contributed by atoms with Crippen LogP contribution in [0.15, 0.2) is 18.2 Å². The van der Waals surface area contributed by atoms with Crippen molar-refractivity contribution in [2.24, 2.45) is 0 Å². The van der Waals surface area contributed by atoms with E-state index in [2.05, 4.69) is 0 Å². The molecule has 1 unspecified atom stereocenters. The zero-order chi connectivity index (χ0) is 13.2. The van der Waals surface area contributed by atoms with E-state index < -0.39 is 11.4 Å². The zero-order valence-corrected chi connectivity index (χ0v) is 10.7. The van der Waals surface area contributed by atoms with Gasteiger partial charge in [0, 0.05) is 12.2 Å². The van der Waals surface area contributed by atoms with Crippen molar-refractivity contribution < 1.29 is 18.7 Å². The first-order valence-corrected chi connectivity index (χ1v) is 6.09. The number of benzene rings is 1. The smallest absolute Gasteiger partial charge is 0.194 e. The molecule has 0 N–H and O–H groups in total. The largest absolute Gasteiger partial charge is 0.494 e. The first-order valence-electron chi connectivity index (χ1n) is 6.09. The molecule has 1 heterocycles. The molecular weight excluding hydrogens is 235 g/mol. The van der Waals surface area contributed by atoms with Crippen molar-refractivity contribution in [3.63, 3.8) is 0 Å². The summed E-state index contributed by atoms with van der Waals surface area (Å²) in [6.45, 7) is 2.36. The van der Waals surface area contributed by atoms with Gasteiger partial charge in [0.15, 0.2) is 17.3 Å². The standard InChI is InChI=1S/C14H17FO3/c1-14(7-3-4-8-18-14)13(16)10-5-6-12(17-2)11(15)9-10/h5-6,9H,3-4,7-8H2,1-2H3. The Labute approximate surface area is 106 Å². The average Bonchev–Trinajstić information content (AvgIpc) is 2.38. The van der Waals surface area contributed by atoms with Crippen LogP contribution in [0.25, 0.3) is 0 Å². The Kier molecular flexibility index (Phi) is 3.66. The van der Waals surface area contributed by atoms with Crippen LogP contribution in [0.4, 0.5) is 4.39 Å². The number of methoxy groups -OCH3 is 1. The Balaban J connectivity index is 2.25. The summed E-state index contributed by atoms with van der Waals surface area (Å²) in [7, 11) is 1.39. The van der Waals surface area contributed by atoms with E-state index in [1.54, 1.807) is 13.0 Å². The molecule has 1 saturated heterocycles. The van der Waals surface area contributed by atoms with E-state index in [9.17, 15) is 9.18 Å². The van der Waals surface area contributed by atoms with Crippen LogP contribution >= 0.6 is 0 Å². The van der Waals surface area contributed by atoms with Gasteiger partial charge < -0.3 is 9.47 Å². The van der Waals surface area contributed by atoms with Gasteiger partial charge in [-0.2, -0.15) is 0 Å². The summed E-state index contributed by atoms with van der Waals surface area (Å²) < 4.78 is 24.0. The second-order valence-electron chi connectivity index (χ2n) is 4.71. The van der Waals surface area contributed by atoms with Gasteiger partial charge in [0.2, 0.25) is 0 Å². The van der Waals surface area contributed by atoms with E-state index in [0.29, 0.717) is 18.6 Å². The topological polar surface area (TPSA) is 35.5 Å². The van der Waals surface area contributed by atoms with Crippen LogP contribution in [-0.2, 0) is 4.74 Å². The van der Waals surface area contributed by atoms with Gasteiger partial charge in [-0.3, -0.25) is 4.79 Å². The average molecular weight is 252 g/mol. The molecule has 3 nitrogen and oxygen atoms in total. The van der Waals surface area contributed by atoms with Gasteiger partial charge in [-0.05, 0) is 44.4 Å². The summed E-state index contributed by atoms with van der Waals surface area (Å²) in [5.41, 5.74) is -0.489. The van der Waals surface area contributed by atoms with Gasteiger partial charge in [-0.25, -0.2) is 4.39 Å². The van der Waals surface area contributed by atoms with Gasteiger partial charge in [0.1, 0.15) is 5.60 Å². The first-order chi connectivity index (χ1) is 8.57. The van der Waals surface area contributed by atoms with Crippen LogP contribution in [0.2, 0.25) is 0 Å². The monoisotopic (exact) mass is 252 g/mol. The Morgan fingerprint density at radius 1 is 1.44 bits per heavy atom. The number of carbonyl (C=O) groups excluding carboxylic acids is 1. The maximum Gasteiger partial charge on any atom is 0.194 e. The number of Topliss-reactive ketones (excluding diaryl/α,β-unsaturated/α-hetero) is 1. The van der Waals surface area contributed by atoms with Gasteiger partial charge in [-0.15, -0.1) is 0 Å². The predicted octanol–water partition coefficient (Wildman–Crippen LogP) is 2.98. The first kappa shape index (κ1) is 13.0. The molecule has 98 valence electrons. The van der Waals surface area contributed by atoms with Crippen molar-refractivity contribution in [2.75, 3.05) is 13.7 Å². The number of hydrogen-bond donors (Lipinski definition) is 0. The third-order valence-corrected chi connectivity index (χ3v) is 3.36. The van der Waals surface area contributed by atoms with Crippen LogP contribution < -0.4 is 4.74 Å². The fourth-order valence-corrected chi connectivity index (χ4v) is 2.23. The molecule has 1 atom stereocenters. The SMILES string of the molecule is COc1ccc(C(=O)C2(C)CCCCO2)cc1F. The fourth-order valence-electron chi connectivity index (χ4n) is 2.23. The number of hydrogen-bond acceptors (Lipinski definition) is 3. The summed E-state index contributed by atoms with van der Waals surface area (Å²) in [5.74, 6) is -0.548. The van der Waals surface area contributed by atoms with Gasteiger partial charge in [0.05, 0.1) is 7.11 Å². The minimum absolute atomic E-state index is 0.140. The quantitative estimate of drug-likeness (QED) is 0.776. The third kappa shape index (κ3) is 2.38. The Bertz CT molecular complexity index is 450. The van der Waals surface area contributed by atoms with Gasteiger partial charge in [0.25, 0.3) is 0 Å². The number of ketones is 1. The lowest BCUT2D eigenvalue weighted by molar-refractivity contribution is -0.0426. The molecule has 0 radical (unpaired) electrons. The predicted molar refractivity (Wildman–Crippen MR) is 65.5 cm³/mol. The Morgan fingerprint density at radius 2 is 2.22 bits per heavy atom. The zero-order valence-electron chi connectivity index (χ0n) is 10.7. The minimum Gasteiger partial charge on any atom is -0.494 e. The van der Waals surface area contributed by atoms with Gasteiger partial charge >= 0.3 is 0 Å². The number of carbonyl (C=O) groups is 1. The number of rotatable bonds is 3. The lowest BCUT2D eigenvalue weighted by Gasteiger charge is -2.32. The number of halogens is 1. The summed E-state index contributed by atoms with van der Waals surface area (Å²) in [6, 6.07) is 4.26. The second kappa shape index (κ2) is 5.06. The molecule has 0 aliphatic carbocycles. The maximum absolute atomic E-state index is 13.6. The second-order valence-corrected chi connectivity index (χ2v) is 4.71. The van der Waals surface area contributed by atoms with Crippen molar-refractivity contribution in [3.8, 4) is 5.75 Å². The highest BCUT2D eigenvalue weighted by atomic mass is 19.1. The summed E-state index contributed by atoms with van der Waals surface area (Å²) in [5, 5.41) is 0. The van der Waals surface area contributed by atoms with Crippen molar-refractivity contribution in [1.82, 2.24) is 0 Å². The van der Waals surface area contributed by atoms with Crippen molar-refractivity contribution in [2.45, 2.75) is 31.8 Å². The van der Waals surface area contributed by atoms with E-state index in [0.717, 1.165) is 12.8 Å². The molecule has 2 rings (SSSR count). The molecule has 0 amide bonds. The minimum atomic E-state index is -0.820. The van der Waals surface area contributed by atoms with Crippen LogP contribution in [0, 0.1) is 5.82 Å². The molecule has 0 saturated carbocycles. The molecule has 18 heavy (non-hydrogen) atoms. The third-order valence-electron chi connectivity index (χ3n) is 3.36. The molecule has 1 aliphatic rings. The maximum atomic E-state index is 13.6. The van der Waals surface area contributed by atoms with E-state index in [4.69, 9.17) is 9.47 Å².